The van der Waals surface area contributed by atoms with Gasteiger partial charge >= 0.3 is 6.03 Å². The van der Waals surface area contributed by atoms with Gasteiger partial charge in [0.05, 0.1) is 0 Å². The molecule has 0 spiro atoms. The first-order valence-electron chi connectivity index (χ1n) is 8.76. The second-order valence-electron chi connectivity index (χ2n) is 5.86. The van der Waals surface area contributed by atoms with Gasteiger partial charge in [-0.25, -0.2) is 4.79 Å². The molecule has 0 radical (unpaired) electrons. The minimum atomic E-state index is -0.243. The molecular weight excluding hydrogens is 248 g/mol. The van der Waals surface area contributed by atoms with E-state index in [4.69, 9.17) is 5.73 Å². The first-order valence-corrected chi connectivity index (χ1v) is 8.76. The molecule has 3 nitrogen and oxygen atoms in total. The number of carbonyl (C=O) groups is 1. The van der Waals surface area contributed by atoms with Gasteiger partial charge in [-0.3, -0.25) is 0 Å². The lowest BCUT2D eigenvalue weighted by atomic mass is 10.1. The summed E-state index contributed by atoms with van der Waals surface area (Å²) < 4.78 is 0. The van der Waals surface area contributed by atoms with Gasteiger partial charge in [0.15, 0.2) is 0 Å². The smallest absolute Gasteiger partial charge is 0.314 e. The molecule has 0 aromatic carbocycles. The molecule has 0 aliphatic rings. The zero-order valence-corrected chi connectivity index (χ0v) is 13.8. The van der Waals surface area contributed by atoms with Crippen LogP contribution >= 0.6 is 0 Å². The predicted octanol–water partition coefficient (Wildman–Crippen LogP) is 5.09. The van der Waals surface area contributed by atoms with Crippen molar-refractivity contribution in [3.63, 3.8) is 0 Å². The fraction of sp³-hybridized carbons (Fsp3) is 0.941. The second-order valence-corrected chi connectivity index (χ2v) is 5.86. The van der Waals surface area contributed by atoms with Crippen LogP contribution in [-0.2, 0) is 0 Å². The van der Waals surface area contributed by atoms with Crippen LogP contribution in [-0.4, -0.2) is 24.0 Å². The highest BCUT2D eigenvalue weighted by Crippen LogP contribution is 2.08. The molecule has 0 unspecified atom stereocenters. The average molecular weight is 284 g/mol. The van der Waals surface area contributed by atoms with E-state index in [2.05, 4.69) is 13.8 Å². The summed E-state index contributed by atoms with van der Waals surface area (Å²) in [4.78, 5) is 13.2. The summed E-state index contributed by atoms with van der Waals surface area (Å²) in [6, 6.07) is -0.243. The third-order valence-electron chi connectivity index (χ3n) is 3.87. The highest BCUT2D eigenvalue weighted by molar-refractivity contribution is 5.71. The third kappa shape index (κ3) is 12.3. The van der Waals surface area contributed by atoms with Crippen molar-refractivity contribution < 1.29 is 4.79 Å². The molecule has 0 aromatic heterocycles. The molecule has 3 heteroatoms. The quantitative estimate of drug-likeness (QED) is 0.444. The van der Waals surface area contributed by atoms with Crippen molar-refractivity contribution in [2.75, 3.05) is 13.1 Å². The fourth-order valence-electron chi connectivity index (χ4n) is 2.50. The Kier molecular flexibility index (Phi) is 14.1. The lowest BCUT2D eigenvalue weighted by molar-refractivity contribution is 0.205. The fourth-order valence-corrected chi connectivity index (χ4v) is 2.50. The molecule has 0 atom stereocenters. The molecule has 20 heavy (non-hydrogen) atoms. The van der Waals surface area contributed by atoms with Gasteiger partial charge in [-0.2, -0.15) is 0 Å². The topological polar surface area (TPSA) is 46.3 Å². The molecule has 120 valence electrons. The molecule has 0 saturated heterocycles. The van der Waals surface area contributed by atoms with Gasteiger partial charge in [0.2, 0.25) is 0 Å². The Morgan fingerprint density at radius 2 is 1.05 bits per heavy atom. The van der Waals surface area contributed by atoms with Crippen LogP contribution in [0.15, 0.2) is 0 Å². The summed E-state index contributed by atoms with van der Waals surface area (Å²) in [5, 5.41) is 0. The monoisotopic (exact) mass is 284 g/mol. The van der Waals surface area contributed by atoms with E-state index in [1.54, 1.807) is 0 Å². The Morgan fingerprint density at radius 1 is 0.700 bits per heavy atom. The summed E-state index contributed by atoms with van der Waals surface area (Å²) in [5.41, 5.74) is 5.45. The maximum absolute atomic E-state index is 11.4. The summed E-state index contributed by atoms with van der Waals surface area (Å²) >= 11 is 0. The zero-order chi connectivity index (χ0) is 15.1. The second kappa shape index (κ2) is 14.7. The first-order chi connectivity index (χ1) is 9.72. The molecule has 0 aromatic rings. The van der Waals surface area contributed by atoms with E-state index in [1.165, 1.54) is 64.2 Å². The molecule has 0 rings (SSSR count). The summed E-state index contributed by atoms with van der Waals surface area (Å²) in [7, 11) is 0. The van der Waals surface area contributed by atoms with Crippen molar-refractivity contribution in [2.24, 2.45) is 5.73 Å². The number of urea groups is 1. The number of hydrogen-bond donors (Lipinski definition) is 1. The van der Waals surface area contributed by atoms with Crippen molar-refractivity contribution in [3.05, 3.63) is 0 Å². The number of hydrogen-bond acceptors (Lipinski definition) is 1. The standard InChI is InChI=1S/C17H36N2O/c1-3-5-7-9-11-13-15-19(17(18)20)16-14-12-10-8-6-4-2/h3-16H2,1-2H3,(H2,18,20). The van der Waals surface area contributed by atoms with Crippen LogP contribution in [0.3, 0.4) is 0 Å². The van der Waals surface area contributed by atoms with Crippen LogP contribution < -0.4 is 5.73 Å². The number of carbonyl (C=O) groups excluding carboxylic acids is 1. The molecule has 2 N–H and O–H groups in total. The van der Waals surface area contributed by atoms with Crippen molar-refractivity contribution in [1.29, 1.82) is 0 Å². The first kappa shape index (κ1) is 19.3. The van der Waals surface area contributed by atoms with Crippen LogP contribution in [0.4, 0.5) is 4.79 Å². The van der Waals surface area contributed by atoms with Crippen LogP contribution in [0.25, 0.3) is 0 Å². The summed E-state index contributed by atoms with van der Waals surface area (Å²) in [6.45, 7) is 6.15. The Bertz CT molecular complexity index is 203. The number of nitrogens with two attached hydrogens (primary N) is 1. The minimum Gasteiger partial charge on any atom is -0.351 e. The van der Waals surface area contributed by atoms with Gasteiger partial charge in [-0.15, -0.1) is 0 Å². The Labute approximate surface area is 126 Å². The van der Waals surface area contributed by atoms with Crippen LogP contribution in [0.2, 0.25) is 0 Å². The van der Waals surface area contributed by atoms with Crippen LogP contribution in [0, 0.1) is 0 Å². The molecule has 0 aliphatic heterocycles. The van der Waals surface area contributed by atoms with Gasteiger partial charge in [-0.1, -0.05) is 78.1 Å². The number of amides is 2. The van der Waals surface area contributed by atoms with Crippen molar-refractivity contribution in [2.45, 2.75) is 90.9 Å². The molecule has 2 amide bonds. The highest BCUT2D eigenvalue weighted by Gasteiger charge is 2.08. The van der Waals surface area contributed by atoms with Crippen LogP contribution in [0.5, 0.6) is 0 Å². The normalized spacial score (nSPS) is 10.7. The minimum absolute atomic E-state index is 0.243. The molecule has 0 fully saturated rings. The number of unbranched alkanes of at least 4 members (excludes halogenated alkanes) is 10. The summed E-state index contributed by atoms with van der Waals surface area (Å²) in [5.74, 6) is 0. The van der Waals surface area contributed by atoms with Gasteiger partial charge in [0.25, 0.3) is 0 Å². The zero-order valence-electron chi connectivity index (χ0n) is 13.8. The SMILES string of the molecule is CCCCCCCCN(CCCCCCCC)C(N)=O. The summed E-state index contributed by atoms with van der Waals surface area (Å²) in [6.07, 6.45) is 15.1. The predicted molar refractivity (Wildman–Crippen MR) is 87.9 cm³/mol. The lowest BCUT2D eigenvalue weighted by Crippen LogP contribution is -2.37. The lowest BCUT2D eigenvalue weighted by Gasteiger charge is -2.20. The van der Waals surface area contributed by atoms with Gasteiger partial charge in [0.1, 0.15) is 0 Å². The van der Waals surface area contributed by atoms with E-state index in [0.717, 1.165) is 25.9 Å². The van der Waals surface area contributed by atoms with Gasteiger partial charge in [0, 0.05) is 13.1 Å². The molecular formula is C17H36N2O. The number of rotatable bonds is 14. The average Bonchev–Trinajstić information content (AvgIpc) is 2.43. The number of nitrogens with zero attached hydrogens (tertiary/aromatic N) is 1. The maximum atomic E-state index is 11.4. The van der Waals surface area contributed by atoms with E-state index in [0.29, 0.717) is 0 Å². The molecule has 0 bridgehead atoms. The van der Waals surface area contributed by atoms with E-state index in [1.807, 2.05) is 4.90 Å². The maximum Gasteiger partial charge on any atom is 0.314 e. The van der Waals surface area contributed by atoms with E-state index in [-0.39, 0.29) is 6.03 Å². The number of primary amides is 1. The Hall–Kier alpha value is -0.730. The molecule has 0 heterocycles. The van der Waals surface area contributed by atoms with Gasteiger partial charge < -0.3 is 10.6 Å². The van der Waals surface area contributed by atoms with E-state index >= 15 is 0 Å². The van der Waals surface area contributed by atoms with Crippen molar-refractivity contribution in [1.82, 2.24) is 4.90 Å². The van der Waals surface area contributed by atoms with Gasteiger partial charge in [-0.05, 0) is 12.8 Å². The van der Waals surface area contributed by atoms with Crippen molar-refractivity contribution in [3.8, 4) is 0 Å². The Balaban J connectivity index is 3.53. The van der Waals surface area contributed by atoms with Crippen LogP contribution in [0.1, 0.15) is 90.9 Å². The molecule has 0 aliphatic carbocycles. The molecule has 0 saturated carbocycles. The highest BCUT2D eigenvalue weighted by atomic mass is 16.2. The Morgan fingerprint density at radius 3 is 1.40 bits per heavy atom. The van der Waals surface area contributed by atoms with E-state index in [9.17, 15) is 4.79 Å². The largest absolute Gasteiger partial charge is 0.351 e. The van der Waals surface area contributed by atoms with Crippen molar-refractivity contribution >= 4 is 6.03 Å². The third-order valence-corrected chi connectivity index (χ3v) is 3.87. The van der Waals surface area contributed by atoms with E-state index < -0.39 is 0 Å².